The second-order valence-corrected chi connectivity index (χ2v) is 8.20. The van der Waals surface area contributed by atoms with Crippen molar-refractivity contribution in [2.45, 2.75) is 50.7 Å². The maximum absolute atomic E-state index is 13.4. The van der Waals surface area contributed by atoms with Gasteiger partial charge < -0.3 is 5.32 Å². The van der Waals surface area contributed by atoms with Crippen molar-refractivity contribution < 1.29 is 18.0 Å². The van der Waals surface area contributed by atoms with Crippen LogP contribution in [0.5, 0.6) is 0 Å². The number of hydrogen-bond acceptors (Lipinski definition) is 3. The fourth-order valence-electron chi connectivity index (χ4n) is 4.33. The number of benzene rings is 2. The minimum absolute atomic E-state index is 0.0963. The minimum atomic E-state index is -4.41. The van der Waals surface area contributed by atoms with Crippen LogP contribution in [0.15, 0.2) is 47.3 Å². The van der Waals surface area contributed by atoms with Crippen molar-refractivity contribution in [1.29, 1.82) is 0 Å². The summed E-state index contributed by atoms with van der Waals surface area (Å²) in [5.41, 5.74) is 0.501. The molecule has 168 valence electrons. The van der Waals surface area contributed by atoms with Crippen LogP contribution in [0.4, 0.5) is 13.2 Å². The van der Waals surface area contributed by atoms with Crippen LogP contribution >= 0.6 is 0 Å². The van der Waals surface area contributed by atoms with Crippen molar-refractivity contribution in [1.82, 2.24) is 14.9 Å². The van der Waals surface area contributed by atoms with Gasteiger partial charge in [0.1, 0.15) is 5.82 Å². The Hall–Kier alpha value is -3.16. The minimum Gasteiger partial charge on any atom is -0.355 e. The van der Waals surface area contributed by atoms with Crippen LogP contribution in [0.2, 0.25) is 0 Å². The lowest BCUT2D eigenvalue weighted by Crippen LogP contribution is -2.28. The molecule has 2 aromatic carbocycles. The number of halogens is 3. The molecule has 3 aromatic rings. The number of hydrogen-bond donors (Lipinski definition) is 1. The first-order valence-corrected chi connectivity index (χ1v) is 10.7. The van der Waals surface area contributed by atoms with E-state index in [0.717, 1.165) is 44.2 Å². The van der Waals surface area contributed by atoms with Crippen molar-refractivity contribution in [3.63, 3.8) is 0 Å². The van der Waals surface area contributed by atoms with E-state index in [1.165, 1.54) is 19.2 Å². The molecule has 0 saturated heterocycles. The molecule has 4 rings (SSSR count). The topological polar surface area (TPSA) is 64.0 Å². The lowest BCUT2D eigenvalue weighted by atomic mass is 9.88. The molecule has 0 radical (unpaired) electrons. The molecule has 1 heterocycles. The van der Waals surface area contributed by atoms with Gasteiger partial charge in [0.15, 0.2) is 0 Å². The Balaban J connectivity index is 1.81. The molecule has 1 N–H and O–H groups in total. The molecule has 0 spiro atoms. The largest absolute Gasteiger partial charge is 0.416 e. The Morgan fingerprint density at radius 3 is 2.41 bits per heavy atom. The van der Waals surface area contributed by atoms with E-state index < -0.39 is 11.7 Å². The Labute approximate surface area is 183 Å². The first-order valence-electron chi connectivity index (χ1n) is 10.7. The molecule has 0 unspecified atom stereocenters. The van der Waals surface area contributed by atoms with Crippen LogP contribution in [0.3, 0.4) is 0 Å². The smallest absolute Gasteiger partial charge is 0.355 e. The van der Waals surface area contributed by atoms with Crippen LogP contribution in [-0.4, -0.2) is 22.5 Å². The average molecular weight is 443 g/mol. The van der Waals surface area contributed by atoms with Gasteiger partial charge >= 0.3 is 6.18 Å². The van der Waals surface area contributed by atoms with E-state index in [9.17, 15) is 22.8 Å². The number of fused-ring (bicyclic) bond motifs is 1. The molecule has 1 amide bonds. The van der Waals surface area contributed by atoms with Gasteiger partial charge in [0, 0.05) is 18.5 Å². The Morgan fingerprint density at radius 2 is 1.78 bits per heavy atom. The Morgan fingerprint density at radius 1 is 1.09 bits per heavy atom. The summed E-state index contributed by atoms with van der Waals surface area (Å²) in [4.78, 5) is 30.2. The zero-order valence-electron chi connectivity index (χ0n) is 17.7. The number of nitrogens with zero attached hydrogens (tertiary/aromatic N) is 2. The maximum Gasteiger partial charge on any atom is 0.416 e. The average Bonchev–Trinajstić information content (AvgIpc) is 2.80. The molecule has 1 aromatic heterocycles. The zero-order chi connectivity index (χ0) is 22.9. The molecule has 1 saturated carbocycles. The van der Waals surface area contributed by atoms with E-state index in [4.69, 9.17) is 4.98 Å². The van der Waals surface area contributed by atoms with Crippen LogP contribution in [0, 0.1) is 0 Å². The van der Waals surface area contributed by atoms with Gasteiger partial charge in [-0.25, -0.2) is 4.98 Å². The Bertz CT molecular complexity index is 1190. The van der Waals surface area contributed by atoms with E-state index in [2.05, 4.69) is 5.32 Å². The zero-order valence-corrected chi connectivity index (χ0v) is 17.7. The van der Waals surface area contributed by atoms with E-state index >= 15 is 0 Å². The molecule has 1 aliphatic carbocycles. The summed E-state index contributed by atoms with van der Waals surface area (Å²) in [6.45, 7) is 0.142. The quantitative estimate of drug-likeness (QED) is 0.626. The highest BCUT2D eigenvalue weighted by atomic mass is 19.4. The van der Waals surface area contributed by atoms with E-state index in [1.807, 2.05) is 0 Å². The van der Waals surface area contributed by atoms with Crippen molar-refractivity contribution in [2.75, 3.05) is 7.05 Å². The van der Waals surface area contributed by atoms with Crippen molar-refractivity contribution in [2.24, 2.45) is 0 Å². The molecule has 0 atom stereocenters. The van der Waals surface area contributed by atoms with Crippen LogP contribution in [-0.2, 0) is 12.7 Å². The first kappa shape index (κ1) is 22.0. The summed E-state index contributed by atoms with van der Waals surface area (Å²) in [5.74, 6) is 0.469. The molecule has 5 nitrogen and oxygen atoms in total. The second-order valence-electron chi connectivity index (χ2n) is 8.20. The molecule has 0 aliphatic heterocycles. The summed E-state index contributed by atoms with van der Waals surface area (Å²) in [7, 11) is 1.54. The standard InChI is InChI=1S/C24H24F3N3O2/c1-28-22(31)17-9-12-19-20(13-17)29-21(16-5-3-2-4-6-16)30(23(19)32)14-15-7-10-18(11-8-15)24(25,26)27/h7-13,16H,2-6,14H2,1H3,(H,28,31). The maximum atomic E-state index is 13.4. The number of rotatable bonds is 4. The molecule has 1 fully saturated rings. The fourth-order valence-corrected chi connectivity index (χ4v) is 4.33. The molecule has 1 aliphatic rings. The highest BCUT2D eigenvalue weighted by molar-refractivity contribution is 5.97. The van der Waals surface area contributed by atoms with Crippen LogP contribution in [0.25, 0.3) is 10.9 Å². The number of amides is 1. The fraction of sp³-hybridized carbons (Fsp3) is 0.375. The summed E-state index contributed by atoms with van der Waals surface area (Å²) >= 11 is 0. The number of nitrogens with one attached hydrogen (secondary N) is 1. The highest BCUT2D eigenvalue weighted by Crippen LogP contribution is 2.33. The van der Waals surface area contributed by atoms with Gasteiger partial charge in [-0.1, -0.05) is 31.4 Å². The van der Waals surface area contributed by atoms with Gasteiger partial charge in [-0.15, -0.1) is 0 Å². The molecule has 8 heteroatoms. The SMILES string of the molecule is CNC(=O)c1ccc2c(=O)n(Cc3ccc(C(F)(F)F)cc3)c(C3CCCCC3)nc2c1. The van der Waals surface area contributed by atoms with Gasteiger partial charge in [0.25, 0.3) is 11.5 Å². The molecular formula is C24H24F3N3O2. The van der Waals surface area contributed by atoms with Gasteiger partial charge in [-0.3, -0.25) is 14.2 Å². The van der Waals surface area contributed by atoms with Gasteiger partial charge in [-0.2, -0.15) is 13.2 Å². The molecule has 32 heavy (non-hydrogen) atoms. The third-order valence-corrected chi connectivity index (χ3v) is 6.07. The predicted octanol–water partition coefficient (Wildman–Crippen LogP) is 4.87. The first-order chi connectivity index (χ1) is 15.3. The van der Waals surface area contributed by atoms with Crippen molar-refractivity contribution >= 4 is 16.8 Å². The number of carbonyl (C=O) groups is 1. The van der Waals surface area contributed by atoms with Gasteiger partial charge in [-0.05, 0) is 48.7 Å². The lowest BCUT2D eigenvalue weighted by molar-refractivity contribution is -0.137. The Kier molecular flexibility index (Phi) is 6.04. The van der Waals surface area contributed by atoms with Gasteiger partial charge in [0.05, 0.1) is 23.0 Å². The van der Waals surface area contributed by atoms with Crippen molar-refractivity contribution in [3.05, 3.63) is 75.3 Å². The molecular weight excluding hydrogens is 419 g/mol. The summed E-state index contributed by atoms with van der Waals surface area (Å²) in [6.07, 6.45) is 0.609. The number of carbonyl (C=O) groups excluding carboxylic acids is 1. The van der Waals surface area contributed by atoms with Crippen molar-refractivity contribution in [3.8, 4) is 0 Å². The molecule has 0 bridgehead atoms. The highest BCUT2D eigenvalue weighted by Gasteiger charge is 2.30. The summed E-state index contributed by atoms with van der Waals surface area (Å²) in [5, 5.41) is 2.95. The predicted molar refractivity (Wildman–Crippen MR) is 116 cm³/mol. The number of aromatic nitrogens is 2. The second kappa shape index (κ2) is 8.76. The van der Waals surface area contributed by atoms with Gasteiger partial charge in [0.2, 0.25) is 0 Å². The summed E-state index contributed by atoms with van der Waals surface area (Å²) in [6, 6.07) is 9.65. The van der Waals surface area contributed by atoms with Crippen LogP contribution in [0.1, 0.15) is 65.3 Å². The summed E-state index contributed by atoms with van der Waals surface area (Å²) < 4.78 is 40.3. The third-order valence-electron chi connectivity index (χ3n) is 6.07. The normalized spacial score (nSPS) is 15.1. The van der Waals surface area contributed by atoms with E-state index in [0.29, 0.717) is 27.9 Å². The lowest BCUT2D eigenvalue weighted by Gasteiger charge is -2.25. The van der Waals surface area contributed by atoms with E-state index in [1.54, 1.807) is 22.8 Å². The monoisotopic (exact) mass is 443 g/mol. The number of alkyl halides is 3. The third kappa shape index (κ3) is 4.40. The van der Waals surface area contributed by atoms with E-state index in [-0.39, 0.29) is 23.9 Å². The van der Waals surface area contributed by atoms with Crippen LogP contribution < -0.4 is 10.9 Å².